The summed E-state index contributed by atoms with van der Waals surface area (Å²) in [6.07, 6.45) is 0.715. The number of thiocarbonyl (C=S) groups is 1. The monoisotopic (exact) mass is 472 g/mol. The summed E-state index contributed by atoms with van der Waals surface area (Å²) in [5.74, 6) is -0.322. The second-order valence-corrected chi connectivity index (χ2v) is 9.04. The third-order valence-electron chi connectivity index (χ3n) is 4.84. The van der Waals surface area contributed by atoms with E-state index in [0.29, 0.717) is 34.3 Å². The Morgan fingerprint density at radius 3 is 2.50 bits per heavy atom. The van der Waals surface area contributed by atoms with Gasteiger partial charge in [0.15, 0.2) is 0 Å². The SMILES string of the molecule is CCN1C(=O)/C(=C2\SC(=S)N(CCc3ccccc3)C2=O)c2cc(Br)ccc21. The maximum Gasteiger partial charge on any atom is 0.267 e. The van der Waals surface area contributed by atoms with E-state index in [1.54, 1.807) is 9.80 Å². The van der Waals surface area contributed by atoms with Gasteiger partial charge in [-0.05, 0) is 37.1 Å². The molecule has 142 valence electrons. The zero-order chi connectivity index (χ0) is 19.8. The summed E-state index contributed by atoms with van der Waals surface area (Å²) in [5.41, 5.74) is 3.22. The summed E-state index contributed by atoms with van der Waals surface area (Å²) in [4.78, 5) is 29.9. The van der Waals surface area contributed by atoms with Crippen molar-refractivity contribution in [3.05, 3.63) is 69.0 Å². The van der Waals surface area contributed by atoms with Crippen LogP contribution >= 0.6 is 39.9 Å². The van der Waals surface area contributed by atoms with Crippen LogP contribution in [0, 0.1) is 0 Å². The van der Waals surface area contributed by atoms with E-state index in [0.717, 1.165) is 21.3 Å². The highest BCUT2D eigenvalue weighted by molar-refractivity contribution is 9.10. The van der Waals surface area contributed by atoms with Gasteiger partial charge in [0.05, 0.1) is 16.2 Å². The van der Waals surface area contributed by atoms with Crippen molar-refractivity contribution in [2.75, 3.05) is 18.0 Å². The second-order valence-electron chi connectivity index (χ2n) is 6.48. The summed E-state index contributed by atoms with van der Waals surface area (Å²) in [6.45, 7) is 2.98. The molecule has 0 unspecified atom stereocenters. The highest BCUT2D eigenvalue weighted by Gasteiger charge is 2.41. The number of carbonyl (C=O) groups is 2. The minimum atomic E-state index is -0.182. The van der Waals surface area contributed by atoms with Crippen LogP contribution in [0.5, 0.6) is 0 Å². The number of halogens is 1. The van der Waals surface area contributed by atoms with E-state index in [1.165, 1.54) is 11.8 Å². The summed E-state index contributed by atoms with van der Waals surface area (Å²) in [5, 5.41) is 0. The van der Waals surface area contributed by atoms with Crippen LogP contribution in [0.25, 0.3) is 5.57 Å². The Kier molecular flexibility index (Phi) is 5.40. The maximum absolute atomic E-state index is 13.1. The van der Waals surface area contributed by atoms with Gasteiger partial charge in [0.2, 0.25) is 0 Å². The second kappa shape index (κ2) is 7.81. The lowest BCUT2D eigenvalue weighted by molar-refractivity contribution is -0.122. The normalized spacial score (nSPS) is 19.0. The number of anilines is 1. The van der Waals surface area contributed by atoms with Crippen molar-refractivity contribution in [3.8, 4) is 0 Å². The van der Waals surface area contributed by atoms with Crippen molar-refractivity contribution in [1.29, 1.82) is 0 Å². The molecule has 2 aromatic carbocycles. The molecule has 28 heavy (non-hydrogen) atoms. The van der Waals surface area contributed by atoms with Crippen molar-refractivity contribution in [1.82, 2.24) is 4.90 Å². The topological polar surface area (TPSA) is 40.6 Å². The zero-order valence-corrected chi connectivity index (χ0v) is 18.4. The minimum Gasteiger partial charge on any atom is -0.308 e. The molecule has 2 amide bonds. The molecular weight excluding hydrogens is 456 g/mol. The predicted octanol–water partition coefficient (Wildman–Crippen LogP) is 4.63. The lowest BCUT2D eigenvalue weighted by Gasteiger charge is -2.14. The highest BCUT2D eigenvalue weighted by Crippen LogP contribution is 2.45. The number of thioether (sulfide) groups is 1. The number of nitrogens with zero attached hydrogens (tertiary/aromatic N) is 2. The van der Waals surface area contributed by atoms with Crippen LogP contribution in [-0.2, 0) is 16.0 Å². The number of benzene rings is 2. The smallest absolute Gasteiger partial charge is 0.267 e. The molecule has 1 saturated heterocycles. The van der Waals surface area contributed by atoms with E-state index < -0.39 is 0 Å². The first kappa shape index (κ1) is 19.4. The molecule has 2 aliphatic rings. The van der Waals surface area contributed by atoms with E-state index >= 15 is 0 Å². The molecular formula is C21H17BrN2O2S2. The van der Waals surface area contributed by atoms with Crippen molar-refractivity contribution in [3.63, 3.8) is 0 Å². The molecule has 0 aromatic heterocycles. The Hall–Kier alpha value is -1.96. The van der Waals surface area contributed by atoms with Crippen LogP contribution in [0.4, 0.5) is 5.69 Å². The molecule has 1 fully saturated rings. The number of amides is 2. The first-order valence-electron chi connectivity index (χ1n) is 8.95. The van der Waals surface area contributed by atoms with Crippen LogP contribution < -0.4 is 4.90 Å². The van der Waals surface area contributed by atoms with E-state index in [-0.39, 0.29) is 11.8 Å². The third kappa shape index (κ3) is 3.32. The van der Waals surface area contributed by atoms with Crippen LogP contribution in [0.2, 0.25) is 0 Å². The standard InChI is InChI=1S/C21H17BrN2O2S2/c1-2-23-16-9-8-14(22)12-15(16)17(19(23)25)18-20(26)24(21(27)28-18)11-10-13-6-4-3-5-7-13/h3-9,12H,2,10-11H2,1H3/b18-17-. The van der Waals surface area contributed by atoms with Gasteiger partial charge < -0.3 is 4.90 Å². The molecule has 2 heterocycles. The third-order valence-corrected chi connectivity index (χ3v) is 6.78. The average molecular weight is 473 g/mol. The van der Waals surface area contributed by atoms with Crippen LogP contribution in [0.1, 0.15) is 18.1 Å². The molecule has 0 aliphatic carbocycles. The van der Waals surface area contributed by atoms with Crippen molar-refractivity contribution in [2.45, 2.75) is 13.3 Å². The fraction of sp³-hybridized carbons (Fsp3) is 0.190. The van der Waals surface area contributed by atoms with Gasteiger partial charge in [-0.1, -0.05) is 70.2 Å². The van der Waals surface area contributed by atoms with Gasteiger partial charge in [-0.3, -0.25) is 14.5 Å². The molecule has 4 nitrogen and oxygen atoms in total. The fourth-order valence-corrected chi connectivity index (χ4v) is 5.21. The van der Waals surface area contributed by atoms with Crippen molar-refractivity contribution < 1.29 is 9.59 Å². The highest BCUT2D eigenvalue weighted by atomic mass is 79.9. The lowest BCUT2D eigenvalue weighted by Crippen LogP contribution is -2.31. The number of rotatable bonds is 4. The number of hydrogen-bond acceptors (Lipinski definition) is 4. The lowest BCUT2D eigenvalue weighted by atomic mass is 10.1. The Morgan fingerprint density at radius 1 is 1.04 bits per heavy atom. The quantitative estimate of drug-likeness (QED) is 0.480. The van der Waals surface area contributed by atoms with Crippen molar-refractivity contribution in [2.24, 2.45) is 0 Å². The van der Waals surface area contributed by atoms with Crippen molar-refractivity contribution >= 4 is 67.3 Å². The van der Waals surface area contributed by atoms with Crippen LogP contribution in [0.15, 0.2) is 57.9 Å². The first-order valence-corrected chi connectivity index (χ1v) is 11.0. The summed E-state index contributed by atoms with van der Waals surface area (Å²) in [6, 6.07) is 15.7. The Labute approximate surface area is 181 Å². The van der Waals surface area contributed by atoms with Gasteiger partial charge in [0, 0.05) is 23.1 Å². The molecule has 0 radical (unpaired) electrons. The molecule has 2 aliphatic heterocycles. The number of hydrogen-bond donors (Lipinski definition) is 0. The van der Waals surface area contributed by atoms with E-state index in [1.807, 2.05) is 55.5 Å². The molecule has 4 rings (SSSR count). The van der Waals surface area contributed by atoms with Gasteiger partial charge in [-0.25, -0.2) is 0 Å². The van der Waals surface area contributed by atoms with Crippen LogP contribution in [-0.4, -0.2) is 34.1 Å². The van der Waals surface area contributed by atoms with Gasteiger partial charge in [0.25, 0.3) is 11.8 Å². The maximum atomic E-state index is 13.1. The first-order chi connectivity index (χ1) is 13.5. The Morgan fingerprint density at radius 2 is 1.79 bits per heavy atom. The van der Waals surface area contributed by atoms with Gasteiger partial charge in [0.1, 0.15) is 4.32 Å². The van der Waals surface area contributed by atoms with Gasteiger partial charge in [-0.15, -0.1) is 0 Å². The Balaban J connectivity index is 1.68. The molecule has 2 aromatic rings. The van der Waals surface area contributed by atoms with E-state index in [4.69, 9.17) is 12.2 Å². The molecule has 0 saturated carbocycles. The molecule has 0 atom stereocenters. The zero-order valence-electron chi connectivity index (χ0n) is 15.1. The molecule has 0 spiro atoms. The fourth-order valence-electron chi connectivity index (χ4n) is 3.46. The summed E-state index contributed by atoms with van der Waals surface area (Å²) in [7, 11) is 0. The number of carbonyl (C=O) groups excluding carboxylic acids is 2. The number of fused-ring (bicyclic) bond motifs is 1. The largest absolute Gasteiger partial charge is 0.308 e. The Bertz CT molecular complexity index is 1020. The van der Waals surface area contributed by atoms with E-state index in [2.05, 4.69) is 15.9 Å². The molecule has 0 bridgehead atoms. The molecule has 7 heteroatoms. The summed E-state index contributed by atoms with van der Waals surface area (Å²) >= 11 is 10.2. The summed E-state index contributed by atoms with van der Waals surface area (Å²) < 4.78 is 1.37. The number of likely N-dealkylation sites (N-methyl/N-ethyl adjacent to an activating group) is 1. The van der Waals surface area contributed by atoms with Gasteiger partial charge >= 0.3 is 0 Å². The minimum absolute atomic E-state index is 0.140. The predicted molar refractivity (Wildman–Crippen MR) is 121 cm³/mol. The van der Waals surface area contributed by atoms with E-state index in [9.17, 15) is 9.59 Å². The average Bonchev–Trinajstić information content (AvgIpc) is 3.12. The van der Waals surface area contributed by atoms with Gasteiger partial charge in [-0.2, -0.15) is 0 Å². The molecule has 0 N–H and O–H groups in total. The van der Waals surface area contributed by atoms with Crippen LogP contribution in [0.3, 0.4) is 0 Å².